The second kappa shape index (κ2) is 8.13. The first-order valence-corrected chi connectivity index (χ1v) is 8.04. The lowest BCUT2D eigenvalue weighted by Crippen LogP contribution is -2.40. The van der Waals surface area contributed by atoms with E-state index in [9.17, 15) is 4.79 Å². The fourth-order valence-electron chi connectivity index (χ4n) is 3.13. The van der Waals surface area contributed by atoms with Gasteiger partial charge in [0.2, 0.25) is 5.91 Å². The Morgan fingerprint density at radius 2 is 2.24 bits per heavy atom. The van der Waals surface area contributed by atoms with Gasteiger partial charge in [-0.25, -0.2) is 0 Å². The molecule has 1 fully saturated rings. The van der Waals surface area contributed by atoms with E-state index in [1.54, 1.807) is 12.4 Å². The van der Waals surface area contributed by atoms with Crippen molar-refractivity contribution in [2.75, 3.05) is 6.54 Å². The predicted octanol–water partition coefficient (Wildman–Crippen LogP) is 2.50. The summed E-state index contributed by atoms with van der Waals surface area (Å²) in [6.45, 7) is 5.97. The molecule has 0 aromatic carbocycles. The maximum atomic E-state index is 11.8. The summed E-state index contributed by atoms with van der Waals surface area (Å²) in [5.41, 5.74) is 1.04. The zero-order chi connectivity index (χ0) is 15.1. The van der Waals surface area contributed by atoms with Gasteiger partial charge in [-0.2, -0.15) is 0 Å². The molecule has 1 aromatic rings. The van der Waals surface area contributed by atoms with Crippen LogP contribution in [0.2, 0.25) is 0 Å². The molecule has 21 heavy (non-hydrogen) atoms. The van der Waals surface area contributed by atoms with Crippen LogP contribution in [0.25, 0.3) is 0 Å². The smallest absolute Gasteiger partial charge is 0.221 e. The number of hydrogen-bond acceptors (Lipinski definition) is 3. The van der Waals surface area contributed by atoms with Gasteiger partial charge in [-0.1, -0.05) is 19.9 Å². The minimum absolute atomic E-state index is 0.100. The van der Waals surface area contributed by atoms with E-state index < -0.39 is 0 Å². The van der Waals surface area contributed by atoms with Crippen molar-refractivity contribution < 1.29 is 4.79 Å². The van der Waals surface area contributed by atoms with Gasteiger partial charge in [-0.15, -0.1) is 0 Å². The molecule has 0 bridgehead atoms. The van der Waals surface area contributed by atoms with Crippen molar-refractivity contribution in [1.82, 2.24) is 15.6 Å². The lowest BCUT2D eigenvalue weighted by molar-refractivity contribution is -0.121. The first-order valence-electron chi connectivity index (χ1n) is 8.04. The summed E-state index contributed by atoms with van der Waals surface area (Å²) in [5.74, 6) is 1.66. The zero-order valence-corrected chi connectivity index (χ0v) is 13.1. The van der Waals surface area contributed by atoms with E-state index in [0.29, 0.717) is 24.9 Å². The minimum Gasteiger partial charge on any atom is -0.352 e. The first kappa shape index (κ1) is 16.0. The summed E-state index contributed by atoms with van der Waals surface area (Å²) in [7, 11) is 0. The lowest BCUT2D eigenvalue weighted by Gasteiger charge is -2.33. The van der Waals surface area contributed by atoms with Gasteiger partial charge in [0.25, 0.3) is 0 Å². The summed E-state index contributed by atoms with van der Waals surface area (Å²) in [4.78, 5) is 15.9. The maximum absolute atomic E-state index is 11.8. The molecular formula is C17H27N3O. The van der Waals surface area contributed by atoms with Crippen LogP contribution in [0.3, 0.4) is 0 Å². The Kier molecular flexibility index (Phi) is 6.18. The molecule has 4 heteroatoms. The maximum Gasteiger partial charge on any atom is 0.221 e. The van der Waals surface area contributed by atoms with Crippen LogP contribution in [-0.2, 0) is 11.3 Å². The van der Waals surface area contributed by atoms with Crippen LogP contribution in [0.4, 0.5) is 0 Å². The quantitative estimate of drug-likeness (QED) is 0.846. The Morgan fingerprint density at radius 1 is 1.38 bits per heavy atom. The highest BCUT2D eigenvalue weighted by Gasteiger charge is 2.24. The molecule has 0 spiro atoms. The predicted molar refractivity (Wildman–Crippen MR) is 84.7 cm³/mol. The number of hydrogen-bond donors (Lipinski definition) is 2. The van der Waals surface area contributed by atoms with Crippen LogP contribution in [0.15, 0.2) is 24.5 Å². The molecule has 1 aliphatic rings. The lowest BCUT2D eigenvalue weighted by atomic mass is 9.80. The molecule has 4 nitrogen and oxygen atoms in total. The fourth-order valence-corrected chi connectivity index (χ4v) is 3.13. The molecule has 1 amide bonds. The third kappa shape index (κ3) is 5.46. The molecule has 3 atom stereocenters. The Morgan fingerprint density at radius 3 is 2.95 bits per heavy atom. The largest absolute Gasteiger partial charge is 0.352 e. The topological polar surface area (TPSA) is 54.0 Å². The van der Waals surface area contributed by atoms with E-state index in [0.717, 1.165) is 18.0 Å². The van der Waals surface area contributed by atoms with Crippen molar-refractivity contribution >= 4 is 5.91 Å². The second-order valence-electron chi connectivity index (χ2n) is 6.34. The molecular weight excluding hydrogens is 262 g/mol. The molecule has 2 N–H and O–H groups in total. The van der Waals surface area contributed by atoms with E-state index in [-0.39, 0.29) is 5.91 Å². The van der Waals surface area contributed by atoms with Gasteiger partial charge < -0.3 is 10.6 Å². The van der Waals surface area contributed by atoms with Crippen LogP contribution in [0.1, 0.15) is 45.1 Å². The number of amides is 1. The molecule has 1 aliphatic carbocycles. The van der Waals surface area contributed by atoms with Gasteiger partial charge in [-0.3, -0.25) is 9.78 Å². The van der Waals surface area contributed by atoms with Crippen molar-refractivity contribution in [3.63, 3.8) is 0 Å². The van der Waals surface area contributed by atoms with E-state index in [1.165, 1.54) is 19.3 Å². The van der Waals surface area contributed by atoms with Crippen molar-refractivity contribution in [3.8, 4) is 0 Å². The van der Waals surface area contributed by atoms with Crippen LogP contribution in [-0.4, -0.2) is 23.5 Å². The summed E-state index contributed by atoms with van der Waals surface area (Å²) in [6, 6.07) is 4.43. The molecule has 0 unspecified atom stereocenters. The molecule has 0 radical (unpaired) electrons. The molecule has 1 heterocycles. The average Bonchev–Trinajstić information content (AvgIpc) is 2.48. The Labute approximate surface area is 127 Å². The van der Waals surface area contributed by atoms with Crippen LogP contribution < -0.4 is 10.6 Å². The van der Waals surface area contributed by atoms with E-state index in [4.69, 9.17) is 0 Å². The number of rotatable bonds is 6. The number of aromatic nitrogens is 1. The minimum atomic E-state index is 0.100. The van der Waals surface area contributed by atoms with Crippen LogP contribution in [0, 0.1) is 11.8 Å². The summed E-state index contributed by atoms with van der Waals surface area (Å²) < 4.78 is 0. The van der Waals surface area contributed by atoms with Gasteiger partial charge in [-0.05, 0) is 42.7 Å². The number of nitrogens with zero attached hydrogens (tertiary/aromatic N) is 1. The van der Waals surface area contributed by atoms with Crippen LogP contribution >= 0.6 is 0 Å². The third-order valence-corrected chi connectivity index (χ3v) is 4.40. The summed E-state index contributed by atoms with van der Waals surface area (Å²) >= 11 is 0. The van der Waals surface area contributed by atoms with Gasteiger partial charge in [0.1, 0.15) is 0 Å². The number of carbonyl (C=O) groups is 1. The van der Waals surface area contributed by atoms with Crippen LogP contribution in [0.5, 0.6) is 0 Å². The molecule has 2 rings (SSSR count). The highest BCUT2D eigenvalue weighted by atomic mass is 16.1. The standard InChI is InChI=1S/C17H27N3O/c1-13-5-6-16(14(2)10-13)19-9-7-17(21)20-12-15-4-3-8-18-11-15/h3-4,8,11,13-14,16,19H,5-7,9-10,12H2,1-2H3,(H,20,21)/t13-,14-,16-/m1/s1. The van der Waals surface area contributed by atoms with Gasteiger partial charge in [0.05, 0.1) is 0 Å². The van der Waals surface area contributed by atoms with E-state index in [1.807, 2.05) is 12.1 Å². The third-order valence-electron chi connectivity index (χ3n) is 4.40. The van der Waals surface area contributed by atoms with Gasteiger partial charge in [0.15, 0.2) is 0 Å². The Bertz CT molecular complexity index is 435. The normalized spacial score (nSPS) is 25.5. The molecule has 1 aromatic heterocycles. The fraction of sp³-hybridized carbons (Fsp3) is 0.647. The van der Waals surface area contributed by atoms with Crippen molar-refractivity contribution in [2.45, 2.75) is 52.1 Å². The highest BCUT2D eigenvalue weighted by molar-refractivity contribution is 5.76. The Balaban J connectivity index is 1.61. The molecule has 0 aliphatic heterocycles. The molecule has 1 saturated carbocycles. The van der Waals surface area contributed by atoms with Crippen molar-refractivity contribution in [1.29, 1.82) is 0 Å². The SMILES string of the molecule is C[C@@H]1CC[C@@H](NCCC(=O)NCc2cccnc2)[C@H](C)C1. The van der Waals surface area contributed by atoms with E-state index >= 15 is 0 Å². The second-order valence-corrected chi connectivity index (χ2v) is 6.34. The molecule has 0 saturated heterocycles. The zero-order valence-electron chi connectivity index (χ0n) is 13.1. The highest BCUT2D eigenvalue weighted by Crippen LogP contribution is 2.28. The van der Waals surface area contributed by atoms with E-state index in [2.05, 4.69) is 29.5 Å². The Hall–Kier alpha value is -1.42. The van der Waals surface area contributed by atoms with Crippen molar-refractivity contribution in [2.24, 2.45) is 11.8 Å². The number of pyridine rings is 1. The van der Waals surface area contributed by atoms with Gasteiger partial charge in [0, 0.05) is 37.9 Å². The van der Waals surface area contributed by atoms with Gasteiger partial charge >= 0.3 is 0 Å². The average molecular weight is 289 g/mol. The first-order chi connectivity index (χ1) is 10.1. The van der Waals surface area contributed by atoms with Crippen molar-refractivity contribution in [3.05, 3.63) is 30.1 Å². The molecule has 116 valence electrons. The summed E-state index contributed by atoms with van der Waals surface area (Å²) in [5, 5.41) is 6.48. The number of carbonyl (C=O) groups excluding carboxylic acids is 1. The number of nitrogens with one attached hydrogen (secondary N) is 2. The summed E-state index contributed by atoms with van der Waals surface area (Å²) in [6.07, 6.45) is 7.89. The monoisotopic (exact) mass is 289 g/mol.